The third-order valence-corrected chi connectivity index (χ3v) is 4.12. The maximum Gasteiger partial charge on any atom is 0.317 e. The van der Waals surface area contributed by atoms with Crippen LogP contribution < -0.4 is 10.6 Å². The third kappa shape index (κ3) is 4.68. The fourth-order valence-electron chi connectivity index (χ4n) is 2.83. The first kappa shape index (κ1) is 17.2. The summed E-state index contributed by atoms with van der Waals surface area (Å²) in [5.74, 6) is -0.472. The zero-order chi connectivity index (χ0) is 16.8. The molecule has 0 spiro atoms. The minimum absolute atomic E-state index is 0.00294. The van der Waals surface area contributed by atoms with Gasteiger partial charge in [0.1, 0.15) is 5.82 Å². The van der Waals surface area contributed by atoms with E-state index in [0.717, 1.165) is 18.4 Å². The molecule has 6 heteroatoms. The molecule has 126 valence electrons. The Morgan fingerprint density at radius 1 is 1.43 bits per heavy atom. The molecule has 2 rings (SSSR count). The zero-order valence-electron chi connectivity index (χ0n) is 13.6. The molecule has 0 aliphatic carbocycles. The van der Waals surface area contributed by atoms with Crippen molar-refractivity contribution < 1.29 is 14.0 Å². The SMILES string of the molecule is CCNC(=O)[C@H]1CCCN(C(=O)N[C@@H](C)c2cccc(F)c2)C1. The highest BCUT2D eigenvalue weighted by Crippen LogP contribution is 2.18. The molecule has 23 heavy (non-hydrogen) atoms. The lowest BCUT2D eigenvalue weighted by molar-refractivity contribution is -0.126. The first-order valence-corrected chi connectivity index (χ1v) is 8.10. The number of nitrogens with one attached hydrogen (secondary N) is 2. The van der Waals surface area contributed by atoms with E-state index in [1.807, 2.05) is 13.8 Å². The van der Waals surface area contributed by atoms with Gasteiger partial charge in [-0.2, -0.15) is 0 Å². The Morgan fingerprint density at radius 2 is 2.22 bits per heavy atom. The number of carbonyl (C=O) groups is 2. The van der Waals surface area contributed by atoms with Gasteiger partial charge in [0.25, 0.3) is 0 Å². The summed E-state index contributed by atoms with van der Waals surface area (Å²) in [5.41, 5.74) is 0.718. The highest BCUT2D eigenvalue weighted by atomic mass is 19.1. The first-order valence-electron chi connectivity index (χ1n) is 8.10. The van der Waals surface area contributed by atoms with Gasteiger partial charge in [0, 0.05) is 19.6 Å². The van der Waals surface area contributed by atoms with Gasteiger partial charge in [0.05, 0.1) is 12.0 Å². The summed E-state index contributed by atoms with van der Waals surface area (Å²) in [6, 6.07) is 5.69. The molecule has 1 aliphatic rings. The predicted molar refractivity (Wildman–Crippen MR) is 86.3 cm³/mol. The quantitative estimate of drug-likeness (QED) is 0.895. The summed E-state index contributed by atoms with van der Waals surface area (Å²) in [6.07, 6.45) is 1.61. The molecule has 1 saturated heterocycles. The number of piperidine rings is 1. The van der Waals surface area contributed by atoms with Crippen molar-refractivity contribution in [2.24, 2.45) is 5.92 Å². The number of carbonyl (C=O) groups excluding carboxylic acids is 2. The monoisotopic (exact) mass is 321 g/mol. The number of halogens is 1. The summed E-state index contributed by atoms with van der Waals surface area (Å²) in [5, 5.41) is 5.68. The van der Waals surface area contributed by atoms with Crippen LogP contribution in [0.15, 0.2) is 24.3 Å². The minimum Gasteiger partial charge on any atom is -0.356 e. The molecule has 2 N–H and O–H groups in total. The Morgan fingerprint density at radius 3 is 2.91 bits per heavy atom. The van der Waals surface area contributed by atoms with Crippen LogP contribution in [0, 0.1) is 11.7 Å². The second-order valence-corrected chi connectivity index (χ2v) is 5.91. The molecule has 2 atom stereocenters. The van der Waals surface area contributed by atoms with Crippen LogP contribution in [0.2, 0.25) is 0 Å². The van der Waals surface area contributed by atoms with Gasteiger partial charge in [-0.15, -0.1) is 0 Å². The van der Waals surface area contributed by atoms with Crippen molar-refractivity contribution in [1.82, 2.24) is 15.5 Å². The molecule has 3 amide bonds. The van der Waals surface area contributed by atoms with Crippen LogP contribution in [0.25, 0.3) is 0 Å². The smallest absolute Gasteiger partial charge is 0.317 e. The topological polar surface area (TPSA) is 61.4 Å². The predicted octanol–water partition coefficient (Wildman–Crippen LogP) is 2.44. The van der Waals surface area contributed by atoms with Gasteiger partial charge < -0.3 is 15.5 Å². The lowest BCUT2D eigenvalue weighted by atomic mass is 9.97. The molecule has 0 aromatic heterocycles. The van der Waals surface area contributed by atoms with E-state index in [9.17, 15) is 14.0 Å². The number of likely N-dealkylation sites (tertiary alicyclic amines) is 1. The van der Waals surface area contributed by atoms with Crippen LogP contribution in [-0.4, -0.2) is 36.5 Å². The van der Waals surface area contributed by atoms with Crippen LogP contribution in [0.3, 0.4) is 0 Å². The molecule has 0 saturated carbocycles. The fraction of sp³-hybridized carbons (Fsp3) is 0.529. The maximum absolute atomic E-state index is 13.3. The first-order chi connectivity index (χ1) is 11.0. The number of rotatable bonds is 4. The van der Waals surface area contributed by atoms with Gasteiger partial charge >= 0.3 is 6.03 Å². The van der Waals surface area contributed by atoms with Crippen molar-refractivity contribution in [2.45, 2.75) is 32.7 Å². The third-order valence-electron chi connectivity index (χ3n) is 4.12. The number of amides is 3. The highest BCUT2D eigenvalue weighted by Gasteiger charge is 2.28. The number of urea groups is 1. The normalized spacial score (nSPS) is 19.1. The van der Waals surface area contributed by atoms with Crippen molar-refractivity contribution in [3.63, 3.8) is 0 Å². The number of benzene rings is 1. The number of hydrogen-bond acceptors (Lipinski definition) is 2. The molecule has 1 aromatic carbocycles. The van der Waals surface area contributed by atoms with E-state index in [2.05, 4.69) is 10.6 Å². The fourth-order valence-corrected chi connectivity index (χ4v) is 2.83. The van der Waals surface area contributed by atoms with Crippen LogP contribution in [0.1, 0.15) is 38.3 Å². The average molecular weight is 321 g/mol. The van der Waals surface area contributed by atoms with Crippen LogP contribution in [0.5, 0.6) is 0 Å². The second kappa shape index (κ2) is 7.94. The van der Waals surface area contributed by atoms with Crippen molar-refractivity contribution in [3.8, 4) is 0 Å². The Hall–Kier alpha value is -2.11. The van der Waals surface area contributed by atoms with Crippen LogP contribution >= 0.6 is 0 Å². The largest absolute Gasteiger partial charge is 0.356 e. The van der Waals surface area contributed by atoms with E-state index in [0.29, 0.717) is 19.6 Å². The molecule has 0 unspecified atom stereocenters. The summed E-state index contributed by atoms with van der Waals surface area (Å²) in [6.45, 7) is 5.35. The number of hydrogen-bond donors (Lipinski definition) is 2. The van der Waals surface area contributed by atoms with Gasteiger partial charge in [0.2, 0.25) is 5.91 Å². The Bertz CT molecular complexity index is 565. The van der Waals surface area contributed by atoms with E-state index >= 15 is 0 Å². The number of nitrogens with zero attached hydrogens (tertiary/aromatic N) is 1. The van der Waals surface area contributed by atoms with Crippen molar-refractivity contribution in [1.29, 1.82) is 0 Å². The Balaban J connectivity index is 1.93. The molecular weight excluding hydrogens is 297 g/mol. The van der Waals surface area contributed by atoms with E-state index in [1.165, 1.54) is 12.1 Å². The Labute approximate surface area is 136 Å². The molecule has 1 aliphatic heterocycles. The van der Waals surface area contributed by atoms with Crippen molar-refractivity contribution in [2.75, 3.05) is 19.6 Å². The molecule has 5 nitrogen and oxygen atoms in total. The molecule has 1 heterocycles. The van der Waals surface area contributed by atoms with Gasteiger partial charge in [-0.05, 0) is 44.4 Å². The van der Waals surface area contributed by atoms with Crippen LogP contribution in [0.4, 0.5) is 9.18 Å². The summed E-state index contributed by atoms with van der Waals surface area (Å²) >= 11 is 0. The molecular formula is C17H24FN3O2. The lowest BCUT2D eigenvalue weighted by Crippen LogP contribution is -2.49. The lowest BCUT2D eigenvalue weighted by Gasteiger charge is -2.33. The van der Waals surface area contributed by atoms with Gasteiger partial charge in [-0.25, -0.2) is 9.18 Å². The summed E-state index contributed by atoms with van der Waals surface area (Å²) in [4.78, 5) is 26.0. The standard InChI is InChI=1S/C17H24FN3O2/c1-3-19-16(22)14-7-5-9-21(11-14)17(23)20-12(2)13-6-4-8-15(18)10-13/h4,6,8,10,12,14H,3,5,7,9,11H2,1-2H3,(H,19,22)(H,20,23)/t12-,14-/m0/s1. The highest BCUT2D eigenvalue weighted by molar-refractivity contribution is 5.80. The summed E-state index contributed by atoms with van der Waals surface area (Å²) in [7, 11) is 0. The van der Waals surface area contributed by atoms with Gasteiger partial charge in [-0.3, -0.25) is 4.79 Å². The van der Waals surface area contributed by atoms with E-state index in [1.54, 1.807) is 17.0 Å². The van der Waals surface area contributed by atoms with E-state index in [4.69, 9.17) is 0 Å². The van der Waals surface area contributed by atoms with Crippen molar-refractivity contribution >= 4 is 11.9 Å². The van der Waals surface area contributed by atoms with E-state index < -0.39 is 0 Å². The van der Waals surface area contributed by atoms with Crippen LogP contribution in [-0.2, 0) is 4.79 Å². The van der Waals surface area contributed by atoms with Gasteiger partial charge in [-0.1, -0.05) is 12.1 Å². The summed E-state index contributed by atoms with van der Waals surface area (Å²) < 4.78 is 13.3. The average Bonchev–Trinajstić information content (AvgIpc) is 2.55. The van der Waals surface area contributed by atoms with E-state index in [-0.39, 0.29) is 29.7 Å². The maximum atomic E-state index is 13.3. The molecule has 0 bridgehead atoms. The molecule has 0 radical (unpaired) electrons. The molecule has 1 aromatic rings. The van der Waals surface area contributed by atoms with Gasteiger partial charge in [0.15, 0.2) is 0 Å². The van der Waals surface area contributed by atoms with Crippen molar-refractivity contribution in [3.05, 3.63) is 35.6 Å². The zero-order valence-corrected chi connectivity index (χ0v) is 13.6. The minimum atomic E-state index is -0.321. The molecule has 1 fully saturated rings. The second-order valence-electron chi connectivity index (χ2n) is 5.91. The Kier molecular flexibility index (Phi) is 5.96.